The van der Waals surface area contributed by atoms with Crippen molar-refractivity contribution in [1.29, 1.82) is 0 Å². The second-order valence-corrected chi connectivity index (χ2v) is 16.7. The highest BCUT2D eigenvalue weighted by molar-refractivity contribution is 14.1. The third-order valence-electron chi connectivity index (χ3n) is 5.98. The van der Waals surface area contributed by atoms with Gasteiger partial charge in [-0.25, -0.2) is 0 Å². The summed E-state index contributed by atoms with van der Waals surface area (Å²) in [5.41, 5.74) is 3.09. The standard InChI is InChI=1S/C25H26I2N2O6S4/c1-2-17(13-24-28(9-3-11-38(30,31)32)20-15-18(26)5-7-22(20)36-24)14-25-29(10-4-12-39(33,34)35)21-16-19(27)6-8-23(21)37-25/h5-8,13-16H,2-4,9-12H2,1H3,(H-,30,31,32,33,34,35)/p+1. The van der Waals surface area contributed by atoms with Crippen molar-refractivity contribution in [3.05, 3.63) is 65.2 Å². The Morgan fingerprint density at radius 3 is 2.36 bits per heavy atom. The molecule has 0 aliphatic carbocycles. The van der Waals surface area contributed by atoms with Crippen molar-refractivity contribution in [1.82, 2.24) is 0 Å². The number of aromatic nitrogens is 1. The molecule has 2 aromatic carbocycles. The molecule has 0 saturated heterocycles. The van der Waals surface area contributed by atoms with Crippen molar-refractivity contribution in [3.63, 3.8) is 0 Å². The van der Waals surface area contributed by atoms with Gasteiger partial charge in [-0.05, 0) is 100 Å². The Labute approximate surface area is 264 Å². The van der Waals surface area contributed by atoms with Crippen LogP contribution in [-0.2, 0) is 26.8 Å². The maximum Gasteiger partial charge on any atom is 0.265 e. The van der Waals surface area contributed by atoms with Crippen LogP contribution in [0, 0.1) is 7.14 Å². The second-order valence-electron chi connectivity index (χ2n) is 8.90. The monoisotopic (exact) mass is 833 g/mol. The van der Waals surface area contributed by atoms with E-state index in [0.717, 1.165) is 50.0 Å². The summed E-state index contributed by atoms with van der Waals surface area (Å²) in [5, 5.41) is 1.95. The van der Waals surface area contributed by atoms with Crippen LogP contribution in [0.3, 0.4) is 0 Å². The highest BCUT2D eigenvalue weighted by Crippen LogP contribution is 2.47. The van der Waals surface area contributed by atoms with Crippen molar-refractivity contribution in [2.24, 2.45) is 0 Å². The molecule has 0 bridgehead atoms. The molecule has 0 spiro atoms. The number of allylic oxidation sites excluding steroid dienone is 2. The number of hydrogen-bond acceptors (Lipinski definition) is 7. The first-order valence-corrected chi connectivity index (χ1v) is 19.0. The largest absolute Gasteiger partial charge is 0.335 e. The van der Waals surface area contributed by atoms with Gasteiger partial charge in [0, 0.05) is 37.1 Å². The number of benzene rings is 2. The molecule has 39 heavy (non-hydrogen) atoms. The molecule has 0 atom stereocenters. The summed E-state index contributed by atoms with van der Waals surface area (Å²) < 4.78 is 69.1. The highest BCUT2D eigenvalue weighted by atomic mass is 127. The molecule has 0 fully saturated rings. The molecule has 0 amide bonds. The third-order valence-corrected chi connectivity index (χ3v) is 11.2. The molecular weight excluding hydrogens is 806 g/mol. The van der Waals surface area contributed by atoms with E-state index in [1.165, 1.54) is 0 Å². The van der Waals surface area contributed by atoms with Gasteiger partial charge in [0.25, 0.3) is 25.2 Å². The van der Waals surface area contributed by atoms with Gasteiger partial charge in [0.05, 0.1) is 22.2 Å². The van der Waals surface area contributed by atoms with Gasteiger partial charge in [-0.1, -0.05) is 30.0 Å². The van der Waals surface area contributed by atoms with Crippen molar-refractivity contribution >= 4 is 110 Å². The first kappa shape index (κ1) is 31.2. The van der Waals surface area contributed by atoms with Crippen molar-refractivity contribution in [2.45, 2.75) is 37.6 Å². The summed E-state index contributed by atoms with van der Waals surface area (Å²) in [6, 6.07) is 12.3. The SMILES string of the molecule is CCC(=Cc1sc2ccc(I)cc2[n+]1CCCS(=O)(=O)O)C=C1Sc2ccc(I)cc2N1CCCS(=O)(=O)O. The number of thiazole rings is 1. The van der Waals surface area contributed by atoms with Crippen LogP contribution in [-0.4, -0.2) is 44.0 Å². The molecule has 0 unspecified atom stereocenters. The predicted molar refractivity (Wildman–Crippen MR) is 176 cm³/mol. The number of hydrogen-bond donors (Lipinski definition) is 2. The van der Waals surface area contributed by atoms with E-state index in [9.17, 15) is 25.9 Å². The molecule has 4 rings (SSSR count). The lowest BCUT2D eigenvalue weighted by Gasteiger charge is -2.20. The molecule has 2 N–H and O–H groups in total. The number of aryl methyl sites for hydroxylation is 1. The molecule has 2 heterocycles. The van der Waals surface area contributed by atoms with Gasteiger partial charge in [0.15, 0.2) is 6.54 Å². The molecule has 210 valence electrons. The fourth-order valence-corrected chi connectivity index (χ4v) is 8.43. The molecule has 0 saturated carbocycles. The van der Waals surface area contributed by atoms with Gasteiger partial charge in [0.1, 0.15) is 4.70 Å². The molecule has 3 aromatic rings. The molecule has 1 aliphatic rings. The first-order chi connectivity index (χ1) is 18.3. The van der Waals surface area contributed by atoms with Crippen molar-refractivity contribution in [2.75, 3.05) is 23.0 Å². The van der Waals surface area contributed by atoms with E-state index in [1.807, 2.05) is 12.1 Å². The van der Waals surface area contributed by atoms with Crippen molar-refractivity contribution < 1.29 is 30.5 Å². The average molecular weight is 834 g/mol. The summed E-state index contributed by atoms with van der Waals surface area (Å²) in [5.74, 6) is -0.608. The van der Waals surface area contributed by atoms with E-state index in [0.29, 0.717) is 13.1 Å². The molecular formula is C25H27I2N2O6S4+. The lowest BCUT2D eigenvalue weighted by atomic mass is 10.2. The van der Waals surface area contributed by atoms with Gasteiger partial charge >= 0.3 is 0 Å². The van der Waals surface area contributed by atoms with Crippen LogP contribution in [0.5, 0.6) is 0 Å². The Balaban J connectivity index is 1.71. The number of halogens is 2. The van der Waals surface area contributed by atoms with Crippen LogP contribution < -0.4 is 9.47 Å². The van der Waals surface area contributed by atoms with Crippen LogP contribution in [0.15, 0.2) is 58.0 Å². The van der Waals surface area contributed by atoms with Gasteiger partial charge in [-0.2, -0.15) is 21.4 Å². The zero-order valence-electron chi connectivity index (χ0n) is 20.9. The van der Waals surface area contributed by atoms with Gasteiger partial charge in [-0.15, -0.1) is 0 Å². The zero-order chi connectivity index (χ0) is 28.4. The highest BCUT2D eigenvalue weighted by Gasteiger charge is 2.26. The molecule has 8 nitrogen and oxygen atoms in total. The van der Waals surface area contributed by atoms with E-state index < -0.39 is 20.2 Å². The van der Waals surface area contributed by atoms with Gasteiger partial charge < -0.3 is 4.90 Å². The van der Waals surface area contributed by atoms with E-state index in [2.05, 4.69) is 98.0 Å². The molecule has 0 radical (unpaired) electrons. The minimum atomic E-state index is -4.05. The predicted octanol–water partition coefficient (Wildman–Crippen LogP) is 6.20. The third kappa shape index (κ3) is 8.62. The normalized spacial score (nSPS) is 15.5. The van der Waals surface area contributed by atoms with Gasteiger partial charge in [-0.3, -0.25) is 9.11 Å². The molecule has 14 heteroatoms. The fourth-order valence-electron chi connectivity index (χ4n) is 4.20. The summed E-state index contributed by atoms with van der Waals surface area (Å²) in [7, 11) is -8.09. The lowest BCUT2D eigenvalue weighted by molar-refractivity contribution is -0.668. The Bertz CT molecular complexity index is 1670. The summed E-state index contributed by atoms with van der Waals surface area (Å²) in [6.45, 7) is 2.96. The summed E-state index contributed by atoms with van der Waals surface area (Å²) in [4.78, 5) is 3.19. The van der Waals surface area contributed by atoms with E-state index in [1.54, 1.807) is 23.1 Å². The second kappa shape index (κ2) is 13.0. The van der Waals surface area contributed by atoms with Crippen LogP contribution in [0.25, 0.3) is 16.3 Å². The number of thioether (sulfide) groups is 1. The van der Waals surface area contributed by atoms with Gasteiger partial charge in [0.2, 0.25) is 5.52 Å². The minimum Gasteiger partial charge on any atom is -0.335 e. The number of fused-ring (bicyclic) bond motifs is 2. The lowest BCUT2D eigenvalue weighted by Crippen LogP contribution is -2.36. The van der Waals surface area contributed by atoms with Crippen LogP contribution >= 0.6 is 68.3 Å². The number of anilines is 1. The summed E-state index contributed by atoms with van der Waals surface area (Å²) >= 11 is 7.77. The Morgan fingerprint density at radius 1 is 1.00 bits per heavy atom. The smallest absolute Gasteiger partial charge is 0.265 e. The Hall–Kier alpha value is -0.760. The van der Waals surface area contributed by atoms with E-state index >= 15 is 0 Å². The molecule has 1 aliphatic heterocycles. The Morgan fingerprint density at radius 2 is 1.67 bits per heavy atom. The first-order valence-electron chi connectivity index (χ1n) is 12.0. The van der Waals surface area contributed by atoms with E-state index in [-0.39, 0.29) is 24.3 Å². The maximum absolute atomic E-state index is 11.3. The van der Waals surface area contributed by atoms with Crippen LogP contribution in [0.1, 0.15) is 31.2 Å². The van der Waals surface area contributed by atoms with E-state index in [4.69, 9.17) is 0 Å². The number of rotatable bonds is 11. The number of nitrogens with zero attached hydrogens (tertiary/aromatic N) is 2. The Kier molecular flexibility index (Phi) is 10.4. The zero-order valence-corrected chi connectivity index (χ0v) is 28.5. The fraction of sp³-hybridized carbons (Fsp3) is 0.320. The summed E-state index contributed by atoms with van der Waals surface area (Å²) in [6.07, 6.45) is 5.54. The van der Waals surface area contributed by atoms with Crippen LogP contribution in [0.2, 0.25) is 0 Å². The topological polar surface area (TPSA) is 116 Å². The minimum absolute atomic E-state index is 0.287. The van der Waals surface area contributed by atoms with Crippen LogP contribution in [0.4, 0.5) is 5.69 Å². The quantitative estimate of drug-likeness (QED) is 0.134. The average Bonchev–Trinajstić information content (AvgIpc) is 3.34. The maximum atomic E-state index is 11.3. The molecule has 1 aromatic heterocycles. The van der Waals surface area contributed by atoms with Crippen molar-refractivity contribution in [3.8, 4) is 0 Å².